The number of carboxylic acid groups (broad SMARTS) is 1. The van der Waals surface area contributed by atoms with Crippen molar-refractivity contribution in [2.24, 2.45) is 11.8 Å². The molecule has 0 spiro atoms. The van der Waals surface area contributed by atoms with Crippen molar-refractivity contribution in [3.05, 3.63) is 11.6 Å². The van der Waals surface area contributed by atoms with E-state index >= 15 is 0 Å². The SMILES string of the molecule is CC(C)=CCC[C@H](C)CCC[C@H](C)C(=O)O. The molecule has 0 amide bonds. The summed E-state index contributed by atoms with van der Waals surface area (Å²) in [6.45, 7) is 8.29. The van der Waals surface area contributed by atoms with Crippen LogP contribution < -0.4 is 0 Å². The van der Waals surface area contributed by atoms with Gasteiger partial charge in [-0.05, 0) is 39.0 Å². The van der Waals surface area contributed by atoms with Crippen molar-refractivity contribution in [3.63, 3.8) is 0 Å². The first-order chi connectivity index (χ1) is 7.43. The van der Waals surface area contributed by atoms with Crippen LogP contribution in [0.25, 0.3) is 0 Å². The van der Waals surface area contributed by atoms with Crippen molar-refractivity contribution < 1.29 is 9.90 Å². The predicted molar refractivity (Wildman–Crippen MR) is 68.5 cm³/mol. The largest absolute Gasteiger partial charge is 0.481 e. The highest BCUT2D eigenvalue weighted by atomic mass is 16.4. The lowest BCUT2D eigenvalue weighted by Crippen LogP contribution is -2.09. The number of hydrogen-bond donors (Lipinski definition) is 1. The van der Waals surface area contributed by atoms with E-state index in [1.54, 1.807) is 6.92 Å². The van der Waals surface area contributed by atoms with Gasteiger partial charge in [0, 0.05) is 0 Å². The Hall–Kier alpha value is -0.790. The maximum atomic E-state index is 10.6. The second-order valence-corrected chi connectivity index (χ2v) is 5.13. The summed E-state index contributed by atoms with van der Waals surface area (Å²) in [5.74, 6) is -0.154. The molecule has 0 aromatic rings. The number of carboxylic acids is 1. The van der Waals surface area contributed by atoms with Gasteiger partial charge in [-0.1, -0.05) is 38.3 Å². The minimum absolute atomic E-state index is 0.190. The van der Waals surface area contributed by atoms with Gasteiger partial charge in [0.2, 0.25) is 0 Å². The summed E-state index contributed by atoms with van der Waals surface area (Å²) >= 11 is 0. The Labute approximate surface area is 99.7 Å². The van der Waals surface area contributed by atoms with Crippen LogP contribution in [-0.2, 0) is 4.79 Å². The minimum Gasteiger partial charge on any atom is -0.481 e. The van der Waals surface area contributed by atoms with Crippen molar-refractivity contribution in [2.75, 3.05) is 0 Å². The second-order valence-electron chi connectivity index (χ2n) is 5.13. The van der Waals surface area contributed by atoms with Gasteiger partial charge in [0.25, 0.3) is 0 Å². The molecule has 0 unspecified atom stereocenters. The second kappa shape index (κ2) is 8.37. The highest BCUT2D eigenvalue weighted by molar-refractivity contribution is 5.69. The van der Waals surface area contributed by atoms with E-state index in [2.05, 4.69) is 26.8 Å². The fourth-order valence-electron chi connectivity index (χ4n) is 1.70. The molecular formula is C14H26O2. The smallest absolute Gasteiger partial charge is 0.306 e. The average Bonchev–Trinajstić information content (AvgIpc) is 2.16. The summed E-state index contributed by atoms with van der Waals surface area (Å²) < 4.78 is 0. The topological polar surface area (TPSA) is 37.3 Å². The number of allylic oxidation sites excluding steroid dienone is 2. The van der Waals surface area contributed by atoms with Gasteiger partial charge in [-0.2, -0.15) is 0 Å². The van der Waals surface area contributed by atoms with Gasteiger partial charge in [0.05, 0.1) is 5.92 Å². The fraction of sp³-hybridized carbons (Fsp3) is 0.786. The van der Waals surface area contributed by atoms with Crippen LogP contribution in [0.2, 0.25) is 0 Å². The highest BCUT2D eigenvalue weighted by Crippen LogP contribution is 2.17. The van der Waals surface area contributed by atoms with Crippen molar-refractivity contribution in [2.45, 2.75) is 59.8 Å². The van der Waals surface area contributed by atoms with E-state index in [1.807, 2.05) is 0 Å². The van der Waals surface area contributed by atoms with Gasteiger partial charge in [0.15, 0.2) is 0 Å². The van der Waals surface area contributed by atoms with E-state index in [9.17, 15) is 4.79 Å². The number of aliphatic carboxylic acids is 1. The lowest BCUT2D eigenvalue weighted by atomic mass is 9.95. The first kappa shape index (κ1) is 15.2. The monoisotopic (exact) mass is 226 g/mol. The van der Waals surface area contributed by atoms with E-state index < -0.39 is 5.97 Å². The van der Waals surface area contributed by atoms with Crippen LogP contribution in [0.15, 0.2) is 11.6 Å². The molecule has 1 N–H and O–H groups in total. The first-order valence-corrected chi connectivity index (χ1v) is 6.29. The Balaban J connectivity index is 3.54. The third-order valence-electron chi connectivity index (χ3n) is 2.97. The molecule has 0 heterocycles. The lowest BCUT2D eigenvalue weighted by molar-refractivity contribution is -0.141. The summed E-state index contributed by atoms with van der Waals surface area (Å²) in [5.41, 5.74) is 1.38. The molecule has 0 aromatic heterocycles. The van der Waals surface area contributed by atoms with Crippen LogP contribution in [0.1, 0.15) is 59.8 Å². The molecule has 0 rings (SSSR count). The quantitative estimate of drug-likeness (QED) is 0.628. The van der Waals surface area contributed by atoms with Gasteiger partial charge in [-0.15, -0.1) is 0 Å². The van der Waals surface area contributed by atoms with Crippen molar-refractivity contribution >= 4 is 5.97 Å². The van der Waals surface area contributed by atoms with Crippen LogP contribution in [0, 0.1) is 11.8 Å². The van der Waals surface area contributed by atoms with Gasteiger partial charge >= 0.3 is 5.97 Å². The molecule has 0 aliphatic carbocycles. The summed E-state index contributed by atoms with van der Waals surface area (Å²) in [5, 5.41) is 8.74. The molecule has 0 saturated carbocycles. The van der Waals surface area contributed by atoms with E-state index in [-0.39, 0.29) is 5.92 Å². The van der Waals surface area contributed by atoms with E-state index in [0.29, 0.717) is 5.92 Å². The van der Waals surface area contributed by atoms with Crippen molar-refractivity contribution in [1.82, 2.24) is 0 Å². The van der Waals surface area contributed by atoms with Gasteiger partial charge in [-0.25, -0.2) is 0 Å². The van der Waals surface area contributed by atoms with Gasteiger partial charge in [0.1, 0.15) is 0 Å². The van der Waals surface area contributed by atoms with Crippen molar-refractivity contribution in [3.8, 4) is 0 Å². The third-order valence-corrected chi connectivity index (χ3v) is 2.97. The molecular weight excluding hydrogens is 200 g/mol. The van der Waals surface area contributed by atoms with Crippen molar-refractivity contribution in [1.29, 1.82) is 0 Å². The Kier molecular flexibility index (Phi) is 7.96. The molecule has 0 fully saturated rings. The zero-order chi connectivity index (χ0) is 12.6. The molecule has 0 saturated heterocycles. The number of hydrogen-bond acceptors (Lipinski definition) is 1. The Bertz CT molecular complexity index is 227. The highest BCUT2D eigenvalue weighted by Gasteiger charge is 2.10. The van der Waals surface area contributed by atoms with E-state index in [4.69, 9.17) is 5.11 Å². The number of carbonyl (C=O) groups is 1. The van der Waals surface area contributed by atoms with Crippen LogP contribution in [-0.4, -0.2) is 11.1 Å². The normalized spacial score (nSPS) is 14.2. The Morgan fingerprint density at radius 2 is 1.81 bits per heavy atom. The molecule has 0 aliphatic heterocycles. The molecule has 0 radical (unpaired) electrons. The molecule has 16 heavy (non-hydrogen) atoms. The standard InChI is InChI=1S/C14H26O2/c1-11(2)7-5-8-12(3)9-6-10-13(4)14(15)16/h7,12-13H,5-6,8-10H2,1-4H3,(H,15,16)/t12-,13-/m0/s1. The molecule has 2 nitrogen and oxygen atoms in total. The average molecular weight is 226 g/mol. The van der Waals surface area contributed by atoms with Crippen LogP contribution in [0.3, 0.4) is 0 Å². The van der Waals surface area contributed by atoms with Gasteiger partial charge < -0.3 is 5.11 Å². The van der Waals surface area contributed by atoms with E-state index in [0.717, 1.165) is 25.7 Å². The number of rotatable bonds is 8. The summed E-state index contributed by atoms with van der Waals surface area (Å²) in [6.07, 6.45) is 7.63. The Morgan fingerprint density at radius 3 is 2.31 bits per heavy atom. The third kappa shape index (κ3) is 8.51. The van der Waals surface area contributed by atoms with Crippen LogP contribution in [0.4, 0.5) is 0 Å². The molecule has 0 aliphatic rings. The molecule has 0 aromatic carbocycles. The maximum Gasteiger partial charge on any atom is 0.306 e. The predicted octanol–water partition coefficient (Wildman–Crippen LogP) is 4.26. The fourth-order valence-corrected chi connectivity index (χ4v) is 1.70. The molecule has 2 atom stereocenters. The van der Waals surface area contributed by atoms with Gasteiger partial charge in [-0.3, -0.25) is 4.79 Å². The molecule has 2 heteroatoms. The van der Waals surface area contributed by atoms with E-state index in [1.165, 1.54) is 12.0 Å². The summed E-state index contributed by atoms with van der Waals surface area (Å²) in [7, 11) is 0. The first-order valence-electron chi connectivity index (χ1n) is 6.29. The lowest BCUT2D eigenvalue weighted by Gasteiger charge is -2.11. The maximum absolute atomic E-state index is 10.6. The molecule has 94 valence electrons. The minimum atomic E-state index is -0.669. The zero-order valence-corrected chi connectivity index (χ0v) is 11.1. The Morgan fingerprint density at radius 1 is 1.19 bits per heavy atom. The van der Waals surface area contributed by atoms with Crippen LogP contribution in [0.5, 0.6) is 0 Å². The summed E-state index contributed by atoms with van der Waals surface area (Å²) in [6, 6.07) is 0. The summed E-state index contributed by atoms with van der Waals surface area (Å²) in [4.78, 5) is 10.6. The zero-order valence-electron chi connectivity index (χ0n) is 11.1. The molecule has 0 bridgehead atoms. The van der Waals surface area contributed by atoms with Crippen LogP contribution >= 0.6 is 0 Å².